The van der Waals surface area contributed by atoms with Crippen molar-refractivity contribution in [1.82, 2.24) is 5.32 Å². The number of hydrogen-bond donors (Lipinski definition) is 3. The van der Waals surface area contributed by atoms with Crippen LogP contribution in [0, 0.1) is 6.92 Å². The van der Waals surface area contributed by atoms with E-state index in [-0.39, 0.29) is 17.5 Å². The molecule has 0 aliphatic rings. The number of benzene rings is 1. The van der Waals surface area contributed by atoms with Gasteiger partial charge in [0.2, 0.25) is 5.91 Å². The second kappa shape index (κ2) is 6.89. The molecule has 1 aromatic rings. The molecule has 3 N–H and O–H groups in total. The summed E-state index contributed by atoms with van der Waals surface area (Å²) in [5.41, 5.74) is 1.61. The van der Waals surface area contributed by atoms with Gasteiger partial charge in [0, 0.05) is 18.2 Å². The molecule has 0 saturated carbocycles. The van der Waals surface area contributed by atoms with Crippen molar-refractivity contribution in [3.8, 4) is 0 Å². The lowest BCUT2D eigenvalue weighted by molar-refractivity contribution is -0.116. The largest absolute Gasteiger partial charge is 0.478 e. The van der Waals surface area contributed by atoms with Gasteiger partial charge in [0.1, 0.15) is 0 Å². The quantitative estimate of drug-likeness (QED) is 0.734. The molecule has 0 bridgehead atoms. The highest BCUT2D eigenvalue weighted by Gasteiger charge is 2.10. The molecule has 0 aromatic heterocycles. The second-order valence-corrected chi connectivity index (χ2v) is 4.55. The van der Waals surface area contributed by atoms with Crippen molar-refractivity contribution in [3.05, 3.63) is 29.3 Å². The Morgan fingerprint density at radius 3 is 2.58 bits per heavy atom. The van der Waals surface area contributed by atoms with E-state index in [1.165, 1.54) is 6.07 Å². The lowest BCUT2D eigenvalue weighted by Gasteiger charge is -2.13. The molecule has 1 aromatic carbocycles. The van der Waals surface area contributed by atoms with Gasteiger partial charge in [-0.25, -0.2) is 4.79 Å². The summed E-state index contributed by atoms with van der Waals surface area (Å²) in [6.07, 6.45) is 0.383. The van der Waals surface area contributed by atoms with Crippen LogP contribution in [0.3, 0.4) is 0 Å². The number of aromatic carboxylic acids is 1. The number of aryl methyl sites for hydroxylation is 1. The summed E-state index contributed by atoms with van der Waals surface area (Å²) in [4.78, 5) is 22.6. The van der Waals surface area contributed by atoms with Crippen molar-refractivity contribution in [1.29, 1.82) is 0 Å². The van der Waals surface area contributed by atoms with E-state index in [1.54, 1.807) is 19.1 Å². The van der Waals surface area contributed by atoms with Crippen LogP contribution in [0.4, 0.5) is 5.69 Å². The topological polar surface area (TPSA) is 78.4 Å². The molecule has 19 heavy (non-hydrogen) atoms. The Kier molecular flexibility index (Phi) is 5.51. The Morgan fingerprint density at radius 2 is 2.05 bits per heavy atom. The second-order valence-electron chi connectivity index (χ2n) is 4.55. The molecular formula is C14H20N2O3. The Balaban J connectivity index is 2.67. The van der Waals surface area contributed by atoms with E-state index in [0.717, 1.165) is 12.1 Å². The van der Waals surface area contributed by atoms with E-state index in [4.69, 9.17) is 5.11 Å². The first kappa shape index (κ1) is 15.2. The van der Waals surface area contributed by atoms with Gasteiger partial charge in [-0.05, 0) is 44.2 Å². The predicted molar refractivity (Wildman–Crippen MR) is 74.5 cm³/mol. The van der Waals surface area contributed by atoms with Gasteiger partial charge in [-0.3, -0.25) is 4.79 Å². The highest BCUT2D eigenvalue weighted by molar-refractivity contribution is 5.93. The number of anilines is 1. The van der Waals surface area contributed by atoms with Crippen LogP contribution in [0.5, 0.6) is 0 Å². The molecule has 1 atom stereocenters. The molecule has 0 spiro atoms. The molecule has 0 heterocycles. The third-order valence-electron chi connectivity index (χ3n) is 2.79. The molecule has 104 valence electrons. The molecule has 1 rings (SSSR count). The van der Waals surface area contributed by atoms with Crippen LogP contribution < -0.4 is 10.6 Å². The first-order valence-corrected chi connectivity index (χ1v) is 6.31. The fraction of sp³-hybridized carbons (Fsp3) is 0.429. The standard InChI is InChI=1S/C14H20N2O3/c1-4-15-10(3)8-13(17)16-12-6-5-11(14(18)19)7-9(12)2/h5-7,10,15H,4,8H2,1-3H3,(H,16,17)(H,18,19). The molecule has 1 unspecified atom stereocenters. The fourth-order valence-corrected chi connectivity index (χ4v) is 1.84. The number of carbonyl (C=O) groups excluding carboxylic acids is 1. The number of rotatable bonds is 6. The molecule has 0 fully saturated rings. The van der Waals surface area contributed by atoms with Crippen LogP contribution in [-0.4, -0.2) is 29.6 Å². The van der Waals surface area contributed by atoms with Crippen molar-refractivity contribution in [2.45, 2.75) is 33.2 Å². The molecule has 0 aliphatic carbocycles. The maximum absolute atomic E-state index is 11.8. The van der Waals surface area contributed by atoms with Crippen LogP contribution in [-0.2, 0) is 4.79 Å². The van der Waals surface area contributed by atoms with Crippen molar-refractivity contribution >= 4 is 17.6 Å². The highest BCUT2D eigenvalue weighted by atomic mass is 16.4. The number of amides is 1. The minimum Gasteiger partial charge on any atom is -0.478 e. The zero-order chi connectivity index (χ0) is 14.4. The SMILES string of the molecule is CCNC(C)CC(=O)Nc1ccc(C(=O)O)cc1C. The maximum Gasteiger partial charge on any atom is 0.335 e. The van der Waals surface area contributed by atoms with E-state index in [1.807, 2.05) is 13.8 Å². The molecule has 5 heteroatoms. The van der Waals surface area contributed by atoms with Crippen LogP contribution in [0.2, 0.25) is 0 Å². The average Bonchev–Trinajstić information content (AvgIpc) is 2.31. The van der Waals surface area contributed by atoms with Crippen LogP contribution in [0.15, 0.2) is 18.2 Å². The van der Waals surface area contributed by atoms with E-state index in [2.05, 4.69) is 10.6 Å². The van der Waals surface area contributed by atoms with Gasteiger partial charge in [-0.2, -0.15) is 0 Å². The Bertz CT molecular complexity index is 472. The molecule has 0 radical (unpaired) electrons. The smallest absolute Gasteiger partial charge is 0.335 e. The van der Waals surface area contributed by atoms with E-state index in [0.29, 0.717) is 12.1 Å². The Hall–Kier alpha value is -1.88. The molecule has 5 nitrogen and oxygen atoms in total. The van der Waals surface area contributed by atoms with Crippen LogP contribution in [0.1, 0.15) is 36.2 Å². The van der Waals surface area contributed by atoms with E-state index in [9.17, 15) is 9.59 Å². The fourth-order valence-electron chi connectivity index (χ4n) is 1.84. The summed E-state index contributed by atoms with van der Waals surface area (Å²) >= 11 is 0. The number of carboxylic acid groups (broad SMARTS) is 1. The van der Waals surface area contributed by atoms with Gasteiger partial charge in [0.15, 0.2) is 0 Å². The van der Waals surface area contributed by atoms with E-state index >= 15 is 0 Å². The summed E-state index contributed by atoms with van der Waals surface area (Å²) in [6.45, 7) is 6.53. The molecule has 0 saturated heterocycles. The number of nitrogens with one attached hydrogen (secondary N) is 2. The highest BCUT2D eigenvalue weighted by Crippen LogP contribution is 2.17. The first-order valence-electron chi connectivity index (χ1n) is 6.31. The summed E-state index contributed by atoms with van der Waals surface area (Å²) in [6, 6.07) is 4.77. The predicted octanol–water partition coefficient (Wildman–Crippen LogP) is 2.02. The van der Waals surface area contributed by atoms with Crippen LogP contribution >= 0.6 is 0 Å². The van der Waals surface area contributed by atoms with Gasteiger partial charge in [-0.1, -0.05) is 6.92 Å². The average molecular weight is 264 g/mol. The summed E-state index contributed by atoms with van der Waals surface area (Å²) in [7, 11) is 0. The number of carbonyl (C=O) groups is 2. The zero-order valence-corrected chi connectivity index (χ0v) is 11.5. The van der Waals surface area contributed by atoms with Gasteiger partial charge in [-0.15, -0.1) is 0 Å². The molecule has 1 amide bonds. The lowest BCUT2D eigenvalue weighted by atomic mass is 10.1. The Labute approximate surface area is 113 Å². The van der Waals surface area contributed by atoms with Gasteiger partial charge < -0.3 is 15.7 Å². The molecular weight excluding hydrogens is 244 g/mol. The lowest BCUT2D eigenvalue weighted by Crippen LogP contribution is -2.30. The first-order chi connectivity index (χ1) is 8.93. The van der Waals surface area contributed by atoms with Crippen molar-refractivity contribution in [3.63, 3.8) is 0 Å². The molecule has 0 aliphatic heterocycles. The summed E-state index contributed by atoms with van der Waals surface area (Å²) < 4.78 is 0. The summed E-state index contributed by atoms with van der Waals surface area (Å²) in [5.74, 6) is -1.05. The zero-order valence-electron chi connectivity index (χ0n) is 11.5. The third-order valence-corrected chi connectivity index (χ3v) is 2.79. The normalized spacial score (nSPS) is 11.9. The third kappa shape index (κ3) is 4.71. The van der Waals surface area contributed by atoms with Crippen molar-refractivity contribution in [2.24, 2.45) is 0 Å². The minimum atomic E-state index is -0.971. The van der Waals surface area contributed by atoms with Crippen molar-refractivity contribution < 1.29 is 14.7 Å². The Morgan fingerprint density at radius 1 is 1.37 bits per heavy atom. The van der Waals surface area contributed by atoms with Gasteiger partial charge in [0.25, 0.3) is 0 Å². The summed E-state index contributed by atoms with van der Waals surface area (Å²) in [5, 5.41) is 14.8. The van der Waals surface area contributed by atoms with Crippen molar-refractivity contribution in [2.75, 3.05) is 11.9 Å². The monoisotopic (exact) mass is 264 g/mol. The minimum absolute atomic E-state index is 0.0837. The van der Waals surface area contributed by atoms with Crippen LogP contribution in [0.25, 0.3) is 0 Å². The maximum atomic E-state index is 11.8. The van der Waals surface area contributed by atoms with Gasteiger partial charge >= 0.3 is 5.97 Å². The van der Waals surface area contributed by atoms with E-state index < -0.39 is 5.97 Å². The number of hydrogen-bond acceptors (Lipinski definition) is 3. The van der Waals surface area contributed by atoms with Gasteiger partial charge in [0.05, 0.1) is 5.56 Å². The number of carboxylic acids is 1.